The van der Waals surface area contributed by atoms with E-state index < -0.39 is 0 Å². The van der Waals surface area contributed by atoms with Crippen LogP contribution >= 0.6 is 12.2 Å². The fourth-order valence-electron chi connectivity index (χ4n) is 1.55. The minimum Gasteiger partial charge on any atom is -0.375 e. The van der Waals surface area contributed by atoms with Crippen molar-refractivity contribution < 1.29 is 0 Å². The molecule has 0 atom stereocenters. The molecular weight excluding hydrogens is 220 g/mol. The minimum absolute atomic E-state index is 0.164. The highest BCUT2D eigenvalue weighted by molar-refractivity contribution is 7.80. The molecule has 0 aliphatic carbocycles. The summed E-state index contributed by atoms with van der Waals surface area (Å²) in [5.74, 6) is 0. The number of nitrogens with two attached hydrogens (primary N) is 1. The summed E-state index contributed by atoms with van der Waals surface area (Å²) in [5.41, 5.74) is 9.97. The van der Waals surface area contributed by atoms with Crippen molar-refractivity contribution in [3.05, 3.63) is 36.0 Å². The maximum Gasteiger partial charge on any atom is 0.184 e. The molecule has 3 N–H and O–H groups in total. The zero-order valence-corrected chi connectivity index (χ0v) is 9.66. The van der Waals surface area contributed by atoms with E-state index in [-0.39, 0.29) is 5.11 Å². The summed E-state index contributed by atoms with van der Waals surface area (Å²) in [4.78, 5) is 0. The van der Waals surface area contributed by atoms with Gasteiger partial charge in [-0.05, 0) is 36.0 Å². The first-order chi connectivity index (χ1) is 7.66. The number of aryl methyl sites for hydroxylation is 1. The number of benzene rings is 1. The standard InChI is InChI=1S/C11H12N4S/c1-15-5-4-9-6-8(2-3-10(9)15)7-13-14-11(12)16/h2-7H,1H3,(H3,12,14,16)/b13-7+. The average Bonchev–Trinajstić information content (AvgIpc) is 2.60. The predicted molar refractivity (Wildman–Crippen MR) is 70.4 cm³/mol. The molecule has 0 radical (unpaired) electrons. The van der Waals surface area contributed by atoms with Crippen molar-refractivity contribution in [1.29, 1.82) is 0 Å². The summed E-state index contributed by atoms with van der Waals surface area (Å²) in [6, 6.07) is 8.16. The number of nitrogens with one attached hydrogen (secondary N) is 1. The number of hydrogen-bond acceptors (Lipinski definition) is 2. The van der Waals surface area contributed by atoms with Crippen molar-refractivity contribution >= 4 is 34.4 Å². The zero-order chi connectivity index (χ0) is 11.5. The van der Waals surface area contributed by atoms with Crippen LogP contribution in [0.5, 0.6) is 0 Å². The number of aromatic nitrogens is 1. The highest BCUT2D eigenvalue weighted by atomic mass is 32.1. The van der Waals surface area contributed by atoms with Crippen LogP contribution in [0.3, 0.4) is 0 Å². The molecule has 5 heteroatoms. The Labute approximate surface area is 98.7 Å². The number of hydrogen-bond donors (Lipinski definition) is 2. The van der Waals surface area contributed by atoms with Gasteiger partial charge in [-0.25, -0.2) is 0 Å². The SMILES string of the molecule is Cn1ccc2cc(/C=N/NC(N)=S)ccc21. The largest absolute Gasteiger partial charge is 0.375 e. The van der Waals surface area contributed by atoms with E-state index >= 15 is 0 Å². The highest BCUT2D eigenvalue weighted by Crippen LogP contribution is 2.15. The monoisotopic (exact) mass is 232 g/mol. The molecule has 2 aromatic rings. The van der Waals surface area contributed by atoms with Crippen molar-refractivity contribution in [1.82, 2.24) is 9.99 Å². The first-order valence-electron chi connectivity index (χ1n) is 4.80. The Hall–Kier alpha value is -1.88. The van der Waals surface area contributed by atoms with Crippen LogP contribution in [0, 0.1) is 0 Å². The predicted octanol–water partition coefficient (Wildman–Crippen LogP) is 1.35. The lowest BCUT2D eigenvalue weighted by Gasteiger charge is -1.98. The number of hydrazone groups is 1. The third-order valence-electron chi connectivity index (χ3n) is 2.30. The number of rotatable bonds is 2. The van der Waals surface area contributed by atoms with Gasteiger partial charge in [0.2, 0.25) is 0 Å². The van der Waals surface area contributed by atoms with Crippen molar-refractivity contribution in [2.45, 2.75) is 0 Å². The van der Waals surface area contributed by atoms with Crippen LogP contribution in [-0.2, 0) is 7.05 Å². The summed E-state index contributed by atoms with van der Waals surface area (Å²) in [6.45, 7) is 0. The highest BCUT2D eigenvalue weighted by Gasteiger charge is 1.97. The lowest BCUT2D eigenvalue weighted by Crippen LogP contribution is -2.23. The van der Waals surface area contributed by atoms with Gasteiger partial charge in [-0.1, -0.05) is 6.07 Å². The fourth-order valence-corrected chi connectivity index (χ4v) is 1.60. The average molecular weight is 232 g/mol. The van der Waals surface area contributed by atoms with Crippen LogP contribution in [-0.4, -0.2) is 15.9 Å². The quantitative estimate of drug-likeness (QED) is 0.467. The second-order valence-electron chi connectivity index (χ2n) is 3.48. The molecule has 0 amide bonds. The first kappa shape index (κ1) is 10.6. The van der Waals surface area contributed by atoms with Crippen LogP contribution in [0.15, 0.2) is 35.6 Å². The van der Waals surface area contributed by atoms with E-state index in [4.69, 9.17) is 5.73 Å². The maximum absolute atomic E-state index is 5.25. The number of fused-ring (bicyclic) bond motifs is 1. The summed E-state index contributed by atoms with van der Waals surface area (Å²) in [6.07, 6.45) is 3.71. The van der Waals surface area contributed by atoms with Crippen molar-refractivity contribution in [2.75, 3.05) is 0 Å². The molecule has 16 heavy (non-hydrogen) atoms. The van der Waals surface area contributed by atoms with Gasteiger partial charge in [-0.2, -0.15) is 5.10 Å². The minimum atomic E-state index is 0.164. The van der Waals surface area contributed by atoms with Crippen LogP contribution < -0.4 is 11.2 Å². The lowest BCUT2D eigenvalue weighted by molar-refractivity contribution is 0.969. The van der Waals surface area contributed by atoms with Crippen LogP contribution in [0.1, 0.15) is 5.56 Å². The van der Waals surface area contributed by atoms with Crippen LogP contribution in [0.4, 0.5) is 0 Å². The molecule has 1 heterocycles. The molecule has 0 saturated carbocycles. The second-order valence-corrected chi connectivity index (χ2v) is 3.92. The molecular formula is C11H12N4S. The van der Waals surface area contributed by atoms with Gasteiger partial charge in [0.05, 0.1) is 6.21 Å². The van der Waals surface area contributed by atoms with E-state index in [0.29, 0.717) is 0 Å². The lowest BCUT2D eigenvalue weighted by atomic mass is 10.2. The Kier molecular flexibility index (Phi) is 2.87. The number of nitrogens with zero attached hydrogens (tertiary/aromatic N) is 2. The van der Waals surface area contributed by atoms with Crippen molar-refractivity contribution in [2.24, 2.45) is 17.9 Å². The maximum atomic E-state index is 5.25. The molecule has 1 aromatic carbocycles. The topological polar surface area (TPSA) is 55.3 Å². The van der Waals surface area contributed by atoms with Gasteiger partial charge in [0, 0.05) is 24.1 Å². The molecule has 0 aliphatic heterocycles. The van der Waals surface area contributed by atoms with Crippen molar-refractivity contribution in [3.8, 4) is 0 Å². The van der Waals surface area contributed by atoms with Gasteiger partial charge in [0.15, 0.2) is 5.11 Å². The van der Waals surface area contributed by atoms with E-state index in [2.05, 4.69) is 45.5 Å². The Morgan fingerprint density at radius 2 is 2.31 bits per heavy atom. The van der Waals surface area contributed by atoms with Crippen LogP contribution in [0.25, 0.3) is 10.9 Å². The van der Waals surface area contributed by atoms with E-state index in [1.54, 1.807) is 6.21 Å². The van der Waals surface area contributed by atoms with E-state index in [1.165, 1.54) is 10.9 Å². The second kappa shape index (κ2) is 4.32. The molecule has 4 nitrogen and oxygen atoms in total. The Morgan fingerprint density at radius 1 is 1.50 bits per heavy atom. The molecule has 0 aliphatic rings. The zero-order valence-electron chi connectivity index (χ0n) is 8.84. The summed E-state index contributed by atoms with van der Waals surface area (Å²) < 4.78 is 2.07. The van der Waals surface area contributed by atoms with Gasteiger partial charge in [0.1, 0.15) is 0 Å². The molecule has 82 valence electrons. The summed E-state index contributed by atoms with van der Waals surface area (Å²) >= 11 is 4.64. The molecule has 0 unspecified atom stereocenters. The first-order valence-corrected chi connectivity index (χ1v) is 5.21. The normalized spacial score (nSPS) is 11.1. The smallest absolute Gasteiger partial charge is 0.184 e. The Bertz CT molecular complexity index is 556. The van der Waals surface area contributed by atoms with Gasteiger partial charge in [0.25, 0.3) is 0 Å². The van der Waals surface area contributed by atoms with Gasteiger partial charge < -0.3 is 10.3 Å². The molecule has 0 bridgehead atoms. The molecule has 2 rings (SSSR count). The van der Waals surface area contributed by atoms with Gasteiger partial charge in [-0.3, -0.25) is 5.43 Å². The van der Waals surface area contributed by atoms with Crippen molar-refractivity contribution in [3.63, 3.8) is 0 Å². The van der Waals surface area contributed by atoms with Gasteiger partial charge in [-0.15, -0.1) is 0 Å². The number of thiocarbonyl (C=S) groups is 1. The van der Waals surface area contributed by atoms with E-state index in [0.717, 1.165) is 5.56 Å². The van der Waals surface area contributed by atoms with Gasteiger partial charge >= 0.3 is 0 Å². The summed E-state index contributed by atoms with van der Waals surface area (Å²) in [5, 5.41) is 5.25. The molecule has 1 aromatic heterocycles. The molecule has 0 saturated heterocycles. The van der Waals surface area contributed by atoms with Crippen LogP contribution in [0.2, 0.25) is 0 Å². The fraction of sp³-hybridized carbons (Fsp3) is 0.0909. The Morgan fingerprint density at radius 3 is 3.06 bits per heavy atom. The van der Waals surface area contributed by atoms with E-state index in [1.807, 2.05) is 19.3 Å². The molecule has 0 fully saturated rings. The Balaban J connectivity index is 2.26. The third kappa shape index (κ3) is 2.20. The third-order valence-corrected chi connectivity index (χ3v) is 2.39. The summed E-state index contributed by atoms with van der Waals surface area (Å²) in [7, 11) is 2.02. The van der Waals surface area contributed by atoms with E-state index in [9.17, 15) is 0 Å². The molecule has 0 spiro atoms.